The molecule has 114 valence electrons. The summed E-state index contributed by atoms with van der Waals surface area (Å²) in [5.74, 6) is 1.59. The Morgan fingerprint density at radius 2 is 1.80 bits per heavy atom. The highest BCUT2D eigenvalue weighted by atomic mass is 79.9. The Labute approximate surface area is 132 Å². The SMILES string of the molecule is CCCC(CCC)C(NCC)c1ccc(OC)cc1Br. The van der Waals surface area contributed by atoms with Crippen LogP contribution < -0.4 is 10.1 Å². The van der Waals surface area contributed by atoms with Gasteiger partial charge in [0, 0.05) is 10.5 Å². The van der Waals surface area contributed by atoms with Gasteiger partial charge in [0.1, 0.15) is 5.75 Å². The molecule has 1 atom stereocenters. The van der Waals surface area contributed by atoms with Crippen LogP contribution in [0.5, 0.6) is 5.75 Å². The van der Waals surface area contributed by atoms with E-state index in [1.54, 1.807) is 7.11 Å². The van der Waals surface area contributed by atoms with Gasteiger partial charge in [-0.15, -0.1) is 0 Å². The number of benzene rings is 1. The Morgan fingerprint density at radius 3 is 2.25 bits per heavy atom. The molecule has 0 fully saturated rings. The first-order valence-electron chi connectivity index (χ1n) is 7.74. The lowest BCUT2D eigenvalue weighted by atomic mass is 9.86. The van der Waals surface area contributed by atoms with Crippen LogP contribution in [0.15, 0.2) is 22.7 Å². The first-order valence-corrected chi connectivity index (χ1v) is 8.53. The molecule has 1 rings (SSSR count). The second kappa shape index (κ2) is 9.41. The minimum Gasteiger partial charge on any atom is -0.497 e. The fraction of sp³-hybridized carbons (Fsp3) is 0.647. The third-order valence-corrected chi connectivity index (χ3v) is 4.44. The van der Waals surface area contributed by atoms with E-state index in [4.69, 9.17) is 4.74 Å². The Bertz CT molecular complexity index is 389. The summed E-state index contributed by atoms with van der Waals surface area (Å²) in [6, 6.07) is 6.72. The van der Waals surface area contributed by atoms with E-state index < -0.39 is 0 Å². The highest BCUT2D eigenvalue weighted by Gasteiger charge is 2.23. The zero-order chi connectivity index (χ0) is 15.0. The lowest BCUT2D eigenvalue weighted by Gasteiger charge is -2.29. The van der Waals surface area contributed by atoms with E-state index in [2.05, 4.69) is 60.2 Å². The molecule has 1 aromatic rings. The predicted octanol–water partition coefficient (Wildman–Crippen LogP) is 5.32. The average Bonchev–Trinajstić information content (AvgIpc) is 2.45. The van der Waals surface area contributed by atoms with Gasteiger partial charge in [0.2, 0.25) is 0 Å². The Balaban J connectivity index is 3.04. The Morgan fingerprint density at radius 1 is 1.15 bits per heavy atom. The molecule has 1 unspecified atom stereocenters. The fourth-order valence-electron chi connectivity index (χ4n) is 2.86. The minimum atomic E-state index is 0.417. The van der Waals surface area contributed by atoms with Crippen LogP contribution in [0.1, 0.15) is 58.1 Å². The van der Waals surface area contributed by atoms with Crippen molar-refractivity contribution >= 4 is 15.9 Å². The van der Waals surface area contributed by atoms with Gasteiger partial charge in [-0.25, -0.2) is 0 Å². The number of hydrogen-bond acceptors (Lipinski definition) is 2. The van der Waals surface area contributed by atoms with E-state index in [0.717, 1.165) is 16.8 Å². The van der Waals surface area contributed by atoms with E-state index >= 15 is 0 Å². The van der Waals surface area contributed by atoms with E-state index in [9.17, 15) is 0 Å². The monoisotopic (exact) mass is 341 g/mol. The normalized spacial score (nSPS) is 12.7. The summed E-state index contributed by atoms with van der Waals surface area (Å²) in [6.45, 7) is 7.72. The molecular formula is C17H28BrNO. The second-order valence-electron chi connectivity index (χ2n) is 5.26. The molecular weight excluding hydrogens is 314 g/mol. The van der Waals surface area contributed by atoms with Gasteiger partial charge in [0.25, 0.3) is 0 Å². The first kappa shape index (κ1) is 17.5. The highest BCUT2D eigenvalue weighted by Crippen LogP contribution is 2.35. The molecule has 0 aliphatic heterocycles. The molecule has 0 aliphatic rings. The molecule has 2 nitrogen and oxygen atoms in total. The van der Waals surface area contributed by atoms with Crippen LogP contribution >= 0.6 is 15.9 Å². The zero-order valence-electron chi connectivity index (χ0n) is 13.2. The molecule has 0 amide bonds. The number of halogens is 1. The second-order valence-corrected chi connectivity index (χ2v) is 6.11. The van der Waals surface area contributed by atoms with Gasteiger partial charge < -0.3 is 10.1 Å². The van der Waals surface area contributed by atoms with Gasteiger partial charge in [0.15, 0.2) is 0 Å². The van der Waals surface area contributed by atoms with Gasteiger partial charge in [0.05, 0.1) is 7.11 Å². The topological polar surface area (TPSA) is 21.3 Å². The summed E-state index contributed by atoms with van der Waals surface area (Å²) in [4.78, 5) is 0. The molecule has 1 aromatic carbocycles. The highest BCUT2D eigenvalue weighted by molar-refractivity contribution is 9.10. The molecule has 0 radical (unpaired) electrons. The number of nitrogens with one attached hydrogen (secondary N) is 1. The van der Waals surface area contributed by atoms with Crippen LogP contribution in [0, 0.1) is 5.92 Å². The maximum atomic E-state index is 5.29. The summed E-state index contributed by atoms with van der Waals surface area (Å²) < 4.78 is 6.43. The molecule has 0 saturated heterocycles. The quantitative estimate of drug-likeness (QED) is 0.655. The molecule has 20 heavy (non-hydrogen) atoms. The molecule has 0 aliphatic carbocycles. The summed E-state index contributed by atoms with van der Waals surface area (Å²) >= 11 is 3.71. The van der Waals surface area contributed by atoms with Gasteiger partial charge in [-0.1, -0.05) is 55.6 Å². The predicted molar refractivity (Wildman–Crippen MR) is 90.4 cm³/mol. The van der Waals surface area contributed by atoms with Crippen molar-refractivity contribution in [2.45, 2.75) is 52.5 Å². The number of methoxy groups -OCH3 is 1. The van der Waals surface area contributed by atoms with Crippen molar-refractivity contribution in [3.05, 3.63) is 28.2 Å². The summed E-state index contributed by atoms with van der Waals surface area (Å²) in [5, 5.41) is 3.68. The molecule has 0 saturated carbocycles. The van der Waals surface area contributed by atoms with Crippen LogP contribution in [0.25, 0.3) is 0 Å². The van der Waals surface area contributed by atoms with E-state index in [0.29, 0.717) is 12.0 Å². The van der Waals surface area contributed by atoms with Crippen molar-refractivity contribution in [2.75, 3.05) is 13.7 Å². The van der Waals surface area contributed by atoms with Crippen LogP contribution in [0.2, 0.25) is 0 Å². The number of hydrogen-bond donors (Lipinski definition) is 1. The smallest absolute Gasteiger partial charge is 0.120 e. The maximum absolute atomic E-state index is 5.29. The third kappa shape index (κ3) is 4.78. The van der Waals surface area contributed by atoms with Crippen LogP contribution in [-0.2, 0) is 0 Å². The Hall–Kier alpha value is -0.540. The minimum absolute atomic E-state index is 0.417. The van der Waals surface area contributed by atoms with Gasteiger partial charge in [-0.05, 0) is 43.0 Å². The lowest BCUT2D eigenvalue weighted by Crippen LogP contribution is -2.28. The van der Waals surface area contributed by atoms with Crippen molar-refractivity contribution in [3.8, 4) is 5.75 Å². The van der Waals surface area contributed by atoms with Crippen LogP contribution in [0.4, 0.5) is 0 Å². The van der Waals surface area contributed by atoms with Crippen molar-refractivity contribution in [1.82, 2.24) is 5.32 Å². The van der Waals surface area contributed by atoms with Crippen LogP contribution in [0.3, 0.4) is 0 Å². The molecule has 0 bridgehead atoms. The van der Waals surface area contributed by atoms with Crippen LogP contribution in [-0.4, -0.2) is 13.7 Å². The van der Waals surface area contributed by atoms with E-state index in [1.165, 1.54) is 31.2 Å². The third-order valence-electron chi connectivity index (χ3n) is 3.76. The summed E-state index contributed by atoms with van der Waals surface area (Å²) in [7, 11) is 1.71. The van der Waals surface area contributed by atoms with Crippen molar-refractivity contribution in [1.29, 1.82) is 0 Å². The van der Waals surface area contributed by atoms with Crippen molar-refractivity contribution in [3.63, 3.8) is 0 Å². The molecule has 0 aromatic heterocycles. The molecule has 3 heteroatoms. The van der Waals surface area contributed by atoms with E-state index in [1.807, 2.05) is 0 Å². The number of ether oxygens (including phenoxy) is 1. The molecule has 1 N–H and O–H groups in total. The summed E-state index contributed by atoms with van der Waals surface area (Å²) in [6.07, 6.45) is 5.01. The van der Waals surface area contributed by atoms with E-state index in [-0.39, 0.29) is 0 Å². The largest absolute Gasteiger partial charge is 0.497 e. The maximum Gasteiger partial charge on any atom is 0.120 e. The van der Waals surface area contributed by atoms with Gasteiger partial charge >= 0.3 is 0 Å². The molecule has 0 heterocycles. The zero-order valence-corrected chi connectivity index (χ0v) is 14.8. The van der Waals surface area contributed by atoms with Crippen molar-refractivity contribution in [2.24, 2.45) is 5.92 Å². The average molecular weight is 342 g/mol. The van der Waals surface area contributed by atoms with Gasteiger partial charge in [-0.2, -0.15) is 0 Å². The van der Waals surface area contributed by atoms with Crippen molar-refractivity contribution < 1.29 is 4.74 Å². The molecule has 0 spiro atoms. The Kier molecular flexibility index (Phi) is 8.24. The van der Waals surface area contributed by atoms with Gasteiger partial charge in [-0.3, -0.25) is 0 Å². The lowest BCUT2D eigenvalue weighted by molar-refractivity contribution is 0.319. The standard InChI is InChI=1S/C17H28BrNO/c1-5-8-13(9-6-2)17(19-7-3)15-11-10-14(20-4)12-16(15)18/h10-13,17,19H,5-9H2,1-4H3. The number of rotatable bonds is 9. The summed E-state index contributed by atoms with van der Waals surface area (Å²) in [5.41, 5.74) is 1.35. The fourth-order valence-corrected chi connectivity index (χ4v) is 3.46. The first-order chi connectivity index (χ1) is 9.67.